The van der Waals surface area contributed by atoms with Crippen molar-refractivity contribution in [1.29, 1.82) is 0 Å². The maximum Gasteiger partial charge on any atom is 0.204 e. The van der Waals surface area contributed by atoms with Gasteiger partial charge in [0.05, 0.1) is 0 Å². The molecule has 0 aliphatic carbocycles. The van der Waals surface area contributed by atoms with Crippen molar-refractivity contribution < 1.29 is 8.42 Å². The number of hydrogen-bond donors (Lipinski definition) is 1. The first kappa shape index (κ1) is 13.9. The smallest absolute Gasteiger partial charge is 0.204 e. The monoisotopic (exact) mass is 221 g/mol. The maximum atomic E-state index is 11.2. The van der Waals surface area contributed by atoms with Gasteiger partial charge in [-0.25, -0.2) is 8.42 Å². The number of thiol groups is 1. The molecule has 0 aromatic heterocycles. The van der Waals surface area contributed by atoms with Gasteiger partial charge in [0.2, 0.25) is 10.9 Å². The van der Waals surface area contributed by atoms with Gasteiger partial charge >= 0.3 is 0 Å². The average molecular weight is 221 g/mol. The Balaban J connectivity index is 4.71. The third-order valence-electron chi connectivity index (χ3n) is 2.82. The van der Waals surface area contributed by atoms with Gasteiger partial charge in [0.1, 0.15) is 0 Å². The molecule has 0 N–H and O–H groups in total. The fourth-order valence-corrected chi connectivity index (χ4v) is 3.08. The summed E-state index contributed by atoms with van der Waals surface area (Å²) in [5.74, 6) is 0. The van der Waals surface area contributed by atoms with Crippen LogP contribution in [0.3, 0.4) is 0 Å². The van der Waals surface area contributed by atoms with Gasteiger partial charge in [-0.15, -0.1) is 0 Å². The van der Waals surface area contributed by atoms with Gasteiger partial charge < -0.3 is 0 Å². The third-order valence-corrected chi connectivity index (χ3v) is 3.85. The summed E-state index contributed by atoms with van der Waals surface area (Å²) < 4.78 is 24.0. The highest BCUT2D eigenvalue weighted by atomic mass is 32.2. The van der Waals surface area contributed by atoms with E-state index in [1.807, 2.05) is 27.7 Å². The van der Waals surface area contributed by atoms with Gasteiger partial charge in [-0.2, -0.15) is 4.31 Å². The summed E-state index contributed by atoms with van der Waals surface area (Å²) >= 11 is 0. The van der Waals surface area contributed by atoms with Gasteiger partial charge in [-0.05, 0) is 25.7 Å². The van der Waals surface area contributed by atoms with Crippen LogP contribution in [0.4, 0.5) is 0 Å². The second-order valence-electron chi connectivity index (χ2n) is 3.56. The predicted octanol–water partition coefficient (Wildman–Crippen LogP) is 2.19. The molecule has 0 saturated carbocycles. The van der Waals surface area contributed by atoms with Gasteiger partial charge in [0.25, 0.3) is 0 Å². The molecular formula is C10H23NO2S. The molecule has 0 spiro atoms. The van der Waals surface area contributed by atoms with Crippen LogP contribution in [-0.4, -0.2) is 24.8 Å². The van der Waals surface area contributed by atoms with E-state index in [4.69, 9.17) is 0 Å². The highest BCUT2D eigenvalue weighted by Gasteiger charge is 2.23. The molecule has 0 radical (unpaired) electrons. The quantitative estimate of drug-likeness (QED) is 0.669. The van der Waals surface area contributed by atoms with Crippen LogP contribution in [0.15, 0.2) is 0 Å². The Morgan fingerprint density at radius 2 is 1.14 bits per heavy atom. The molecule has 0 aromatic rings. The van der Waals surface area contributed by atoms with Crippen molar-refractivity contribution in [2.75, 3.05) is 0 Å². The standard InChI is InChI=1S/C10H23NO2S/c1-5-9(6-2)11(14(12)13)10(7-3)8-4/h9-10,14H,5-8H2,1-4H3. The summed E-state index contributed by atoms with van der Waals surface area (Å²) in [6.07, 6.45) is 3.60. The van der Waals surface area contributed by atoms with Crippen LogP contribution in [0.25, 0.3) is 0 Å². The zero-order valence-corrected chi connectivity index (χ0v) is 10.6. The van der Waals surface area contributed by atoms with E-state index in [9.17, 15) is 8.42 Å². The lowest BCUT2D eigenvalue weighted by Gasteiger charge is -2.31. The minimum atomic E-state index is -2.43. The van der Waals surface area contributed by atoms with E-state index in [1.165, 1.54) is 0 Å². The summed E-state index contributed by atoms with van der Waals surface area (Å²) in [6, 6.07) is 0.363. The molecule has 0 bridgehead atoms. The molecule has 0 atom stereocenters. The van der Waals surface area contributed by atoms with Crippen LogP contribution >= 0.6 is 0 Å². The molecule has 4 heteroatoms. The van der Waals surface area contributed by atoms with Gasteiger partial charge in [-0.3, -0.25) is 0 Å². The molecule has 0 aliphatic rings. The molecule has 0 saturated heterocycles. The predicted molar refractivity (Wildman–Crippen MR) is 60.9 cm³/mol. The number of rotatable bonds is 7. The van der Waals surface area contributed by atoms with E-state index in [0.717, 1.165) is 25.7 Å². The zero-order chi connectivity index (χ0) is 11.1. The minimum absolute atomic E-state index is 0.181. The molecule has 0 amide bonds. The third kappa shape index (κ3) is 3.58. The summed E-state index contributed by atoms with van der Waals surface area (Å²) in [4.78, 5) is 0. The SMILES string of the molecule is CCC(CC)N(C(CC)CC)[SH](=O)=O. The fraction of sp³-hybridized carbons (Fsp3) is 1.00. The van der Waals surface area contributed by atoms with Crippen molar-refractivity contribution in [2.24, 2.45) is 0 Å². The molecule has 0 rings (SSSR count). The molecular weight excluding hydrogens is 198 g/mol. The van der Waals surface area contributed by atoms with E-state index in [-0.39, 0.29) is 12.1 Å². The first-order chi connectivity index (χ1) is 6.62. The van der Waals surface area contributed by atoms with Crippen LogP contribution in [0.1, 0.15) is 53.4 Å². The lowest BCUT2D eigenvalue weighted by molar-refractivity contribution is 0.232. The van der Waals surface area contributed by atoms with Crippen molar-refractivity contribution in [3.63, 3.8) is 0 Å². The summed E-state index contributed by atoms with van der Waals surface area (Å²) in [5, 5.41) is 0. The van der Waals surface area contributed by atoms with Crippen LogP contribution in [-0.2, 0) is 10.9 Å². The van der Waals surface area contributed by atoms with Crippen LogP contribution in [0.5, 0.6) is 0 Å². The number of hydrogen-bond acceptors (Lipinski definition) is 2. The largest absolute Gasteiger partial charge is 0.215 e. The van der Waals surface area contributed by atoms with E-state index in [1.54, 1.807) is 4.31 Å². The summed E-state index contributed by atoms with van der Waals surface area (Å²) in [5.41, 5.74) is 0. The van der Waals surface area contributed by atoms with Gasteiger partial charge in [-0.1, -0.05) is 27.7 Å². The van der Waals surface area contributed by atoms with E-state index < -0.39 is 10.9 Å². The Morgan fingerprint density at radius 3 is 1.29 bits per heavy atom. The molecule has 0 unspecified atom stereocenters. The van der Waals surface area contributed by atoms with Crippen LogP contribution in [0, 0.1) is 0 Å². The molecule has 14 heavy (non-hydrogen) atoms. The summed E-state index contributed by atoms with van der Waals surface area (Å²) in [7, 11) is -2.43. The van der Waals surface area contributed by atoms with Crippen LogP contribution < -0.4 is 0 Å². The Kier molecular flexibility index (Phi) is 7.19. The van der Waals surface area contributed by atoms with Crippen molar-refractivity contribution in [1.82, 2.24) is 4.31 Å². The molecule has 0 aromatic carbocycles. The Morgan fingerprint density at radius 1 is 0.857 bits per heavy atom. The van der Waals surface area contributed by atoms with Crippen molar-refractivity contribution in [3.8, 4) is 0 Å². The normalized spacial score (nSPS) is 12.3. The molecule has 86 valence electrons. The van der Waals surface area contributed by atoms with E-state index in [0.29, 0.717) is 0 Å². The topological polar surface area (TPSA) is 37.4 Å². The van der Waals surface area contributed by atoms with Crippen LogP contribution in [0.2, 0.25) is 0 Å². The molecule has 3 nitrogen and oxygen atoms in total. The first-order valence-corrected chi connectivity index (χ1v) is 6.67. The Hall–Kier alpha value is -0.0900. The highest BCUT2D eigenvalue weighted by Crippen LogP contribution is 2.17. The van der Waals surface area contributed by atoms with Crippen molar-refractivity contribution in [2.45, 2.75) is 65.5 Å². The Bertz CT molecular complexity index is 188. The van der Waals surface area contributed by atoms with E-state index >= 15 is 0 Å². The lowest BCUT2D eigenvalue weighted by atomic mass is 10.1. The van der Waals surface area contributed by atoms with E-state index in [2.05, 4.69) is 0 Å². The first-order valence-electron chi connectivity index (χ1n) is 5.54. The minimum Gasteiger partial charge on any atom is -0.215 e. The lowest BCUT2D eigenvalue weighted by Crippen LogP contribution is -2.41. The van der Waals surface area contributed by atoms with Crippen molar-refractivity contribution in [3.05, 3.63) is 0 Å². The molecule has 0 aliphatic heterocycles. The highest BCUT2D eigenvalue weighted by molar-refractivity contribution is 7.69. The van der Waals surface area contributed by atoms with Gasteiger partial charge in [0, 0.05) is 12.1 Å². The average Bonchev–Trinajstić information content (AvgIpc) is 2.18. The maximum absolute atomic E-state index is 11.2. The summed E-state index contributed by atoms with van der Waals surface area (Å²) in [6.45, 7) is 8.18. The van der Waals surface area contributed by atoms with Crippen molar-refractivity contribution >= 4 is 10.9 Å². The fourth-order valence-electron chi connectivity index (χ4n) is 1.89. The van der Waals surface area contributed by atoms with Gasteiger partial charge in [0.15, 0.2) is 0 Å². The number of nitrogens with zero attached hydrogens (tertiary/aromatic N) is 1. The second kappa shape index (κ2) is 7.23. The Labute approximate surface area is 89.6 Å². The zero-order valence-electron chi connectivity index (χ0n) is 9.69. The second-order valence-corrected chi connectivity index (χ2v) is 4.50. The molecule has 0 heterocycles. The molecule has 0 fully saturated rings.